The largest absolute Gasteiger partial charge is 0.431 e. The van der Waals surface area contributed by atoms with E-state index >= 15 is 0 Å². The molecule has 1 unspecified atom stereocenters. The van der Waals surface area contributed by atoms with Crippen molar-refractivity contribution in [2.75, 3.05) is 11.9 Å². The number of benzene rings is 1. The van der Waals surface area contributed by atoms with E-state index in [4.69, 9.17) is 9.26 Å². The summed E-state index contributed by atoms with van der Waals surface area (Å²) in [6.07, 6.45) is 1.70. The molecule has 0 aliphatic heterocycles. The van der Waals surface area contributed by atoms with E-state index < -0.39 is 0 Å². The molecule has 7 nitrogen and oxygen atoms in total. The van der Waals surface area contributed by atoms with Crippen LogP contribution in [0.15, 0.2) is 41.1 Å². The number of hydrogen-bond acceptors (Lipinski definition) is 7. The monoisotopic (exact) mass is 400 g/mol. The first-order valence-corrected chi connectivity index (χ1v) is 9.94. The van der Waals surface area contributed by atoms with Crippen LogP contribution in [0.4, 0.5) is 5.69 Å². The van der Waals surface area contributed by atoms with Crippen LogP contribution in [0.5, 0.6) is 10.9 Å². The van der Waals surface area contributed by atoms with Gasteiger partial charge in [0.05, 0.1) is 17.1 Å². The van der Waals surface area contributed by atoms with Crippen LogP contribution in [0, 0.1) is 5.92 Å². The number of carbonyl (C=O) groups excluding carboxylic acids is 1. The van der Waals surface area contributed by atoms with Crippen LogP contribution in [-0.4, -0.2) is 22.6 Å². The third-order valence-electron chi connectivity index (χ3n) is 3.89. The molecule has 2 aromatic heterocycles. The number of amides is 1. The molecule has 0 spiro atoms. The molecule has 3 rings (SSSR count). The zero-order valence-corrected chi connectivity index (χ0v) is 17.2. The molecule has 0 aliphatic rings. The lowest BCUT2D eigenvalue weighted by Crippen LogP contribution is -2.23. The normalized spacial score (nSPS) is 12.0. The summed E-state index contributed by atoms with van der Waals surface area (Å²) in [5.41, 5.74) is 1.72. The van der Waals surface area contributed by atoms with Crippen LogP contribution in [0.1, 0.15) is 39.5 Å². The van der Waals surface area contributed by atoms with Gasteiger partial charge in [-0.05, 0) is 37.1 Å². The maximum absolute atomic E-state index is 11.2. The fourth-order valence-corrected chi connectivity index (χ4v) is 3.21. The molecule has 0 aliphatic carbocycles. The van der Waals surface area contributed by atoms with Crippen LogP contribution in [0.2, 0.25) is 0 Å². The predicted octanol–water partition coefficient (Wildman–Crippen LogP) is 4.86. The Morgan fingerprint density at radius 3 is 2.68 bits per heavy atom. The van der Waals surface area contributed by atoms with E-state index in [0.717, 1.165) is 22.9 Å². The van der Waals surface area contributed by atoms with Gasteiger partial charge in [-0.25, -0.2) is 4.98 Å². The van der Waals surface area contributed by atoms with Crippen molar-refractivity contribution in [1.29, 1.82) is 0 Å². The van der Waals surface area contributed by atoms with Crippen molar-refractivity contribution in [3.05, 3.63) is 42.3 Å². The van der Waals surface area contributed by atoms with Gasteiger partial charge in [0.1, 0.15) is 11.4 Å². The molecule has 0 saturated carbocycles. The Morgan fingerprint density at radius 1 is 1.25 bits per heavy atom. The molecule has 0 bridgehead atoms. The van der Waals surface area contributed by atoms with Gasteiger partial charge in [-0.3, -0.25) is 4.79 Å². The van der Waals surface area contributed by atoms with Crippen molar-refractivity contribution in [3.63, 3.8) is 0 Å². The van der Waals surface area contributed by atoms with Crippen molar-refractivity contribution in [2.45, 2.75) is 33.7 Å². The number of hydrogen-bond donors (Lipinski definition) is 2. The zero-order chi connectivity index (χ0) is 20.1. The molecule has 8 heteroatoms. The Labute approximate surface area is 168 Å². The highest BCUT2D eigenvalue weighted by atomic mass is 32.1. The van der Waals surface area contributed by atoms with E-state index in [1.807, 2.05) is 31.2 Å². The molecule has 0 saturated heterocycles. The molecule has 3 aromatic rings. The van der Waals surface area contributed by atoms with Gasteiger partial charge in [-0.1, -0.05) is 30.3 Å². The van der Waals surface area contributed by atoms with Gasteiger partial charge >= 0.3 is 0 Å². The topological polar surface area (TPSA) is 89.3 Å². The average Bonchev–Trinajstić information content (AvgIpc) is 3.30. The molecule has 1 atom stereocenters. The highest BCUT2D eigenvalue weighted by molar-refractivity contribution is 7.16. The van der Waals surface area contributed by atoms with Crippen LogP contribution in [0.3, 0.4) is 0 Å². The summed E-state index contributed by atoms with van der Waals surface area (Å²) in [7, 11) is 0. The highest BCUT2D eigenvalue weighted by Gasteiger charge is 2.16. The quantitative estimate of drug-likeness (QED) is 0.561. The van der Waals surface area contributed by atoms with Crippen LogP contribution in [0.25, 0.3) is 10.6 Å². The number of carbonyl (C=O) groups is 1. The van der Waals surface area contributed by atoms with Crippen molar-refractivity contribution < 1.29 is 14.1 Å². The number of thiazole rings is 1. The minimum absolute atomic E-state index is 0.121. The van der Waals surface area contributed by atoms with Gasteiger partial charge in [0.2, 0.25) is 5.91 Å². The maximum atomic E-state index is 11.2. The summed E-state index contributed by atoms with van der Waals surface area (Å²) in [5.74, 6) is 1.77. The van der Waals surface area contributed by atoms with Gasteiger partial charge in [0.15, 0.2) is 5.76 Å². The third kappa shape index (κ3) is 5.32. The third-order valence-corrected chi connectivity index (χ3v) is 4.78. The lowest BCUT2D eigenvalue weighted by Gasteiger charge is -2.09. The Morgan fingerprint density at radius 2 is 2.00 bits per heavy atom. The number of ether oxygens (including phenoxy) is 1. The van der Waals surface area contributed by atoms with E-state index in [0.29, 0.717) is 22.6 Å². The summed E-state index contributed by atoms with van der Waals surface area (Å²) < 4.78 is 11.2. The smallest absolute Gasteiger partial charge is 0.279 e. The lowest BCUT2D eigenvalue weighted by molar-refractivity contribution is -0.119. The van der Waals surface area contributed by atoms with Crippen molar-refractivity contribution >= 4 is 22.9 Å². The molecular formula is C20H24N4O3S. The van der Waals surface area contributed by atoms with Gasteiger partial charge in [0.25, 0.3) is 5.19 Å². The molecule has 2 N–H and O–H groups in total. The van der Waals surface area contributed by atoms with Crippen molar-refractivity contribution in [3.8, 4) is 21.5 Å². The number of nitrogens with one attached hydrogen (secondary N) is 2. The van der Waals surface area contributed by atoms with E-state index in [1.165, 1.54) is 18.3 Å². The second-order valence-electron chi connectivity index (χ2n) is 6.93. The van der Waals surface area contributed by atoms with Crippen LogP contribution >= 0.6 is 11.3 Å². The summed E-state index contributed by atoms with van der Waals surface area (Å²) in [5, 5.41) is 10.7. The summed E-state index contributed by atoms with van der Waals surface area (Å²) >= 11 is 1.38. The Kier molecular flexibility index (Phi) is 6.30. The first kappa shape index (κ1) is 19.9. The highest BCUT2D eigenvalue weighted by Crippen LogP contribution is 2.33. The molecule has 148 valence electrons. The second kappa shape index (κ2) is 8.88. The molecule has 2 heterocycles. The summed E-state index contributed by atoms with van der Waals surface area (Å²) in [4.78, 5) is 16.3. The Hall–Kier alpha value is -2.87. The number of anilines is 1. The summed E-state index contributed by atoms with van der Waals surface area (Å²) in [6.45, 7) is 8.57. The van der Waals surface area contributed by atoms with Crippen molar-refractivity contribution in [2.24, 2.45) is 5.92 Å². The first-order chi connectivity index (χ1) is 13.4. The van der Waals surface area contributed by atoms with Gasteiger partial charge in [0, 0.05) is 25.2 Å². The predicted molar refractivity (Wildman–Crippen MR) is 110 cm³/mol. The van der Waals surface area contributed by atoms with E-state index in [-0.39, 0.29) is 11.9 Å². The Bertz CT molecular complexity index is 918. The zero-order valence-electron chi connectivity index (χ0n) is 16.4. The van der Waals surface area contributed by atoms with E-state index in [1.54, 1.807) is 12.3 Å². The van der Waals surface area contributed by atoms with E-state index in [2.05, 4.69) is 34.6 Å². The molecular weight excluding hydrogens is 376 g/mol. The summed E-state index contributed by atoms with van der Waals surface area (Å²) in [6, 6.07) is 9.34. The maximum Gasteiger partial charge on any atom is 0.279 e. The number of aromatic nitrogens is 2. The SMILES string of the molecule is CC(=O)NC(C)c1cc(-c2cnc(Oc3ccc(NCC(C)C)cc3)s2)no1. The molecule has 1 amide bonds. The average molecular weight is 401 g/mol. The Balaban J connectivity index is 1.63. The fourth-order valence-electron chi connectivity index (χ4n) is 2.47. The molecule has 0 radical (unpaired) electrons. The minimum Gasteiger partial charge on any atom is -0.431 e. The molecule has 1 aromatic carbocycles. The van der Waals surface area contributed by atoms with Gasteiger partial charge in [-0.15, -0.1) is 0 Å². The fraction of sp³-hybridized carbons (Fsp3) is 0.350. The molecule has 0 fully saturated rings. The van der Waals surface area contributed by atoms with E-state index in [9.17, 15) is 4.79 Å². The lowest BCUT2D eigenvalue weighted by atomic mass is 10.2. The number of rotatable bonds is 8. The van der Waals surface area contributed by atoms with Crippen LogP contribution in [-0.2, 0) is 4.79 Å². The van der Waals surface area contributed by atoms with Gasteiger partial charge < -0.3 is 19.9 Å². The van der Waals surface area contributed by atoms with Gasteiger partial charge in [-0.2, -0.15) is 0 Å². The van der Waals surface area contributed by atoms with Crippen LogP contribution < -0.4 is 15.4 Å². The molecule has 28 heavy (non-hydrogen) atoms. The second-order valence-corrected chi connectivity index (χ2v) is 7.92. The standard InChI is InChI=1S/C20H24N4O3S/c1-12(2)10-21-15-5-7-16(8-6-15)26-20-22-11-19(28-20)17-9-18(27-24-17)13(3)23-14(4)25/h5-9,11-13,21H,10H2,1-4H3,(H,23,25). The first-order valence-electron chi connectivity index (χ1n) is 9.12. The minimum atomic E-state index is -0.245. The number of nitrogens with zero attached hydrogens (tertiary/aromatic N) is 2. The van der Waals surface area contributed by atoms with Crippen molar-refractivity contribution in [1.82, 2.24) is 15.5 Å².